The van der Waals surface area contributed by atoms with E-state index in [0.29, 0.717) is 12.3 Å². The fourth-order valence-electron chi connectivity index (χ4n) is 5.06. The molecule has 0 spiro atoms. The molecule has 26 heavy (non-hydrogen) atoms. The van der Waals surface area contributed by atoms with Gasteiger partial charge in [0.25, 0.3) is 0 Å². The van der Waals surface area contributed by atoms with Crippen molar-refractivity contribution in [3.8, 4) is 0 Å². The Morgan fingerprint density at radius 3 is 2.19 bits per heavy atom. The highest BCUT2D eigenvalue weighted by atomic mass is 16.3. The first-order valence-electron chi connectivity index (χ1n) is 9.88. The van der Waals surface area contributed by atoms with E-state index in [2.05, 4.69) is 23.1 Å². The molecule has 2 bridgehead atoms. The highest BCUT2D eigenvalue weighted by molar-refractivity contribution is 5.29. The van der Waals surface area contributed by atoms with Crippen molar-refractivity contribution in [1.29, 1.82) is 0 Å². The van der Waals surface area contributed by atoms with Gasteiger partial charge in [-0.25, -0.2) is 0 Å². The Morgan fingerprint density at radius 1 is 0.923 bits per heavy atom. The van der Waals surface area contributed by atoms with E-state index >= 15 is 0 Å². The van der Waals surface area contributed by atoms with Gasteiger partial charge in [0, 0.05) is 12.5 Å². The molecule has 3 aliphatic heterocycles. The average molecular weight is 351 g/mol. The second-order valence-electron chi connectivity index (χ2n) is 7.96. The molecule has 2 N–H and O–H groups in total. The predicted molar refractivity (Wildman–Crippen MR) is 104 cm³/mol. The summed E-state index contributed by atoms with van der Waals surface area (Å²) in [5.41, 5.74) is 2.34. The fraction of sp³-hybridized carbons (Fsp3) is 0.478. The molecule has 3 nitrogen and oxygen atoms in total. The largest absolute Gasteiger partial charge is 0.392 e. The van der Waals surface area contributed by atoms with Gasteiger partial charge in [-0.1, -0.05) is 54.6 Å². The zero-order chi connectivity index (χ0) is 18.0. The number of rotatable bonds is 6. The average Bonchev–Trinajstić information content (AvgIpc) is 2.73. The zero-order valence-corrected chi connectivity index (χ0v) is 15.3. The first kappa shape index (κ1) is 17.7. The van der Waals surface area contributed by atoms with Crippen LogP contribution in [-0.2, 0) is 18.6 Å². The predicted octanol–water partition coefficient (Wildman–Crippen LogP) is 3.34. The lowest BCUT2D eigenvalue weighted by Gasteiger charge is -2.51. The van der Waals surface area contributed by atoms with Gasteiger partial charge in [-0.3, -0.25) is 0 Å². The summed E-state index contributed by atoms with van der Waals surface area (Å²) in [7, 11) is 0. The quantitative estimate of drug-likeness (QED) is 0.839. The minimum atomic E-state index is -0.812. The van der Waals surface area contributed by atoms with Gasteiger partial charge in [-0.15, -0.1) is 0 Å². The molecular weight excluding hydrogens is 322 g/mol. The highest BCUT2D eigenvalue weighted by Gasteiger charge is 2.47. The van der Waals surface area contributed by atoms with Crippen LogP contribution in [0.3, 0.4) is 0 Å². The molecule has 3 aliphatic rings. The molecule has 138 valence electrons. The van der Waals surface area contributed by atoms with Gasteiger partial charge in [0.1, 0.15) is 0 Å². The third-order valence-electron chi connectivity index (χ3n) is 6.61. The van der Waals surface area contributed by atoms with Crippen LogP contribution >= 0.6 is 0 Å². The topological polar surface area (TPSA) is 43.7 Å². The number of hydrogen-bond acceptors (Lipinski definition) is 3. The Hall–Kier alpha value is -1.68. The van der Waals surface area contributed by atoms with Crippen molar-refractivity contribution in [2.45, 2.75) is 37.9 Å². The van der Waals surface area contributed by atoms with Crippen molar-refractivity contribution in [2.75, 3.05) is 19.6 Å². The monoisotopic (exact) mass is 351 g/mol. The maximum atomic E-state index is 12.0. The van der Waals surface area contributed by atoms with Crippen LogP contribution in [0.25, 0.3) is 0 Å². The van der Waals surface area contributed by atoms with Crippen molar-refractivity contribution in [3.05, 3.63) is 71.3 Å². The van der Waals surface area contributed by atoms with Gasteiger partial charge in [-0.05, 0) is 61.4 Å². The first-order chi connectivity index (χ1) is 12.7. The lowest BCUT2D eigenvalue weighted by atomic mass is 9.66. The van der Waals surface area contributed by atoms with Crippen LogP contribution in [-0.4, -0.2) is 34.7 Å². The Labute approximate surface area is 156 Å². The van der Waals surface area contributed by atoms with E-state index in [4.69, 9.17) is 0 Å². The third kappa shape index (κ3) is 3.32. The number of aliphatic hydroxyl groups is 2. The standard InChI is InChI=1S/C23H29NO2/c25-17-20-7-5-4-6-18(20)10-13-23(26,21-8-2-1-3-9-21)22-16-24-14-11-19(22)12-15-24/h1-9,19,22,25-26H,10-17H2. The van der Waals surface area contributed by atoms with Crippen molar-refractivity contribution < 1.29 is 10.2 Å². The SMILES string of the molecule is OCc1ccccc1CCC(O)(c1ccccc1)C1CN2CCC1CC2. The second-order valence-corrected chi connectivity index (χ2v) is 7.96. The zero-order valence-electron chi connectivity index (χ0n) is 15.3. The van der Waals surface area contributed by atoms with E-state index in [1.165, 1.54) is 25.9 Å². The summed E-state index contributed by atoms with van der Waals surface area (Å²) in [6.07, 6.45) is 3.88. The summed E-state index contributed by atoms with van der Waals surface area (Å²) in [4.78, 5) is 2.51. The molecule has 0 radical (unpaired) electrons. The minimum Gasteiger partial charge on any atom is -0.392 e. The molecule has 3 saturated heterocycles. The second kappa shape index (κ2) is 7.51. The Morgan fingerprint density at radius 2 is 1.58 bits per heavy atom. The van der Waals surface area contributed by atoms with E-state index in [1.807, 2.05) is 36.4 Å². The van der Waals surface area contributed by atoms with E-state index in [1.54, 1.807) is 0 Å². The molecule has 3 heterocycles. The number of aliphatic hydroxyl groups excluding tert-OH is 1. The molecule has 2 unspecified atom stereocenters. The van der Waals surface area contributed by atoms with Crippen LogP contribution < -0.4 is 0 Å². The minimum absolute atomic E-state index is 0.0553. The van der Waals surface area contributed by atoms with E-state index < -0.39 is 5.60 Å². The molecule has 3 heteroatoms. The first-order valence-corrected chi connectivity index (χ1v) is 9.88. The number of benzene rings is 2. The highest BCUT2D eigenvalue weighted by Crippen LogP contribution is 2.45. The molecule has 2 aromatic rings. The van der Waals surface area contributed by atoms with Gasteiger partial charge in [-0.2, -0.15) is 0 Å². The van der Waals surface area contributed by atoms with Crippen LogP contribution in [0.1, 0.15) is 36.0 Å². The Kier molecular flexibility index (Phi) is 5.12. The summed E-state index contributed by atoms with van der Waals surface area (Å²) in [5, 5.41) is 21.6. The van der Waals surface area contributed by atoms with Crippen molar-refractivity contribution in [3.63, 3.8) is 0 Å². The number of hydrogen-bond donors (Lipinski definition) is 2. The summed E-state index contributed by atoms with van der Waals surface area (Å²) in [5.74, 6) is 0.895. The summed E-state index contributed by atoms with van der Waals surface area (Å²) in [6.45, 7) is 3.41. The van der Waals surface area contributed by atoms with Crippen molar-refractivity contribution in [2.24, 2.45) is 11.8 Å². The summed E-state index contributed by atoms with van der Waals surface area (Å²) in [6, 6.07) is 18.3. The van der Waals surface area contributed by atoms with Crippen LogP contribution in [0.4, 0.5) is 0 Å². The maximum Gasteiger partial charge on any atom is 0.0942 e. The number of piperidine rings is 3. The summed E-state index contributed by atoms with van der Waals surface area (Å²) >= 11 is 0. The molecule has 3 fully saturated rings. The molecular formula is C23H29NO2. The lowest BCUT2D eigenvalue weighted by Crippen LogP contribution is -2.55. The van der Waals surface area contributed by atoms with Crippen LogP contribution in [0.5, 0.6) is 0 Å². The van der Waals surface area contributed by atoms with E-state index in [0.717, 1.165) is 29.7 Å². The molecule has 5 rings (SSSR count). The Balaban J connectivity index is 1.63. The lowest BCUT2D eigenvalue weighted by molar-refractivity contribution is -0.106. The molecule has 0 amide bonds. The normalized spacial score (nSPS) is 27.2. The molecule has 2 aromatic carbocycles. The van der Waals surface area contributed by atoms with E-state index in [9.17, 15) is 10.2 Å². The van der Waals surface area contributed by atoms with E-state index in [-0.39, 0.29) is 12.5 Å². The van der Waals surface area contributed by atoms with Crippen LogP contribution in [0, 0.1) is 11.8 Å². The molecule has 0 aromatic heterocycles. The van der Waals surface area contributed by atoms with Gasteiger partial charge in [0.15, 0.2) is 0 Å². The van der Waals surface area contributed by atoms with Gasteiger partial charge >= 0.3 is 0 Å². The van der Waals surface area contributed by atoms with Gasteiger partial charge in [0.05, 0.1) is 12.2 Å². The molecule has 0 aliphatic carbocycles. The smallest absolute Gasteiger partial charge is 0.0942 e. The number of aryl methyl sites for hydroxylation is 1. The number of nitrogens with zero attached hydrogens (tertiary/aromatic N) is 1. The maximum absolute atomic E-state index is 12.0. The van der Waals surface area contributed by atoms with Gasteiger partial charge < -0.3 is 15.1 Å². The summed E-state index contributed by atoms with van der Waals surface area (Å²) < 4.78 is 0. The van der Waals surface area contributed by atoms with Crippen LogP contribution in [0.15, 0.2) is 54.6 Å². The van der Waals surface area contributed by atoms with Crippen molar-refractivity contribution in [1.82, 2.24) is 4.90 Å². The molecule has 2 atom stereocenters. The molecule has 0 saturated carbocycles. The van der Waals surface area contributed by atoms with Gasteiger partial charge in [0.2, 0.25) is 0 Å². The fourth-order valence-corrected chi connectivity index (χ4v) is 5.06. The number of fused-ring (bicyclic) bond motifs is 3. The van der Waals surface area contributed by atoms with Crippen molar-refractivity contribution >= 4 is 0 Å². The third-order valence-corrected chi connectivity index (χ3v) is 6.61. The Bertz CT molecular complexity index is 724. The van der Waals surface area contributed by atoms with Crippen LogP contribution in [0.2, 0.25) is 0 Å².